The van der Waals surface area contributed by atoms with Crippen molar-refractivity contribution >= 4 is 17.4 Å². The fourth-order valence-corrected chi connectivity index (χ4v) is 2.47. The molecule has 1 amide bonds. The standard InChI is InChI=1S/C20H20N4O3/c1-26-16-6-7-18(27-2)17(12-16)24-19-11-14(8-10-22-19)20(25)23-13-15-5-3-4-9-21-15/h3-12H,13H2,1-2H3,(H,22,24)(H,23,25). The third-order valence-electron chi connectivity index (χ3n) is 3.85. The number of hydrogen-bond donors (Lipinski definition) is 2. The summed E-state index contributed by atoms with van der Waals surface area (Å²) in [6.45, 7) is 0.356. The van der Waals surface area contributed by atoms with Crippen molar-refractivity contribution in [1.82, 2.24) is 15.3 Å². The molecular formula is C20H20N4O3. The average molecular weight is 364 g/mol. The first-order valence-electron chi connectivity index (χ1n) is 8.33. The summed E-state index contributed by atoms with van der Waals surface area (Å²) in [4.78, 5) is 20.9. The summed E-state index contributed by atoms with van der Waals surface area (Å²) >= 11 is 0. The van der Waals surface area contributed by atoms with Gasteiger partial charge in [-0.05, 0) is 36.4 Å². The third-order valence-corrected chi connectivity index (χ3v) is 3.85. The van der Waals surface area contributed by atoms with Gasteiger partial charge in [0, 0.05) is 24.0 Å². The number of benzene rings is 1. The number of methoxy groups -OCH3 is 2. The van der Waals surface area contributed by atoms with Gasteiger partial charge in [-0.25, -0.2) is 4.98 Å². The van der Waals surface area contributed by atoms with Crippen LogP contribution in [-0.4, -0.2) is 30.1 Å². The number of nitrogens with one attached hydrogen (secondary N) is 2. The zero-order valence-corrected chi connectivity index (χ0v) is 15.1. The van der Waals surface area contributed by atoms with E-state index in [1.165, 1.54) is 0 Å². The first-order chi connectivity index (χ1) is 13.2. The lowest BCUT2D eigenvalue weighted by Gasteiger charge is -2.12. The molecule has 0 aliphatic heterocycles. The van der Waals surface area contributed by atoms with Crippen LogP contribution in [0.25, 0.3) is 0 Å². The van der Waals surface area contributed by atoms with E-state index in [9.17, 15) is 4.79 Å². The maximum absolute atomic E-state index is 12.4. The molecule has 0 radical (unpaired) electrons. The van der Waals surface area contributed by atoms with Crippen LogP contribution in [-0.2, 0) is 6.54 Å². The molecule has 0 saturated carbocycles. The molecule has 7 heteroatoms. The van der Waals surface area contributed by atoms with Gasteiger partial charge < -0.3 is 20.1 Å². The van der Waals surface area contributed by atoms with E-state index in [0.29, 0.717) is 35.1 Å². The Labute approximate surface area is 157 Å². The molecule has 138 valence electrons. The molecule has 0 fully saturated rings. The molecule has 2 aromatic heterocycles. The number of rotatable bonds is 7. The Morgan fingerprint density at radius 3 is 2.63 bits per heavy atom. The molecule has 3 aromatic rings. The smallest absolute Gasteiger partial charge is 0.251 e. The Morgan fingerprint density at radius 2 is 1.89 bits per heavy atom. The van der Waals surface area contributed by atoms with Crippen LogP contribution in [0.5, 0.6) is 11.5 Å². The maximum Gasteiger partial charge on any atom is 0.251 e. The second kappa shape index (κ2) is 8.66. The number of amides is 1. The molecule has 0 atom stereocenters. The second-order valence-electron chi connectivity index (χ2n) is 5.62. The van der Waals surface area contributed by atoms with Crippen LogP contribution in [0.4, 0.5) is 11.5 Å². The van der Waals surface area contributed by atoms with E-state index in [2.05, 4.69) is 20.6 Å². The van der Waals surface area contributed by atoms with Gasteiger partial charge in [-0.15, -0.1) is 0 Å². The highest BCUT2D eigenvalue weighted by Gasteiger charge is 2.10. The Morgan fingerprint density at radius 1 is 1.00 bits per heavy atom. The van der Waals surface area contributed by atoms with Crippen molar-refractivity contribution in [3.63, 3.8) is 0 Å². The lowest BCUT2D eigenvalue weighted by atomic mass is 10.2. The third kappa shape index (κ3) is 4.72. The lowest BCUT2D eigenvalue weighted by molar-refractivity contribution is 0.0950. The zero-order valence-electron chi connectivity index (χ0n) is 15.1. The highest BCUT2D eigenvalue weighted by Crippen LogP contribution is 2.31. The largest absolute Gasteiger partial charge is 0.497 e. The quantitative estimate of drug-likeness (QED) is 0.670. The Bertz CT molecular complexity index is 916. The van der Waals surface area contributed by atoms with Gasteiger partial charge in [-0.1, -0.05) is 6.07 Å². The molecule has 1 aromatic carbocycles. The summed E-state index contributed by atoms with van der Waals surface area (Å²) in [5, 5.41) is 6.00. The van der Waals surface area contributed by atoms with Gasteiger partial charge in [0.05, 0.1) is 32.1 Å². The highest BCUT2D eigenvalue weighted by atomic mass is 16.5. The number of anilines is 2. The summed E-state index contributed by atoms with van der Waals surface area (Å²) < 4.78 is 10.6. The number of pyridine rings is 2. The van der Waals surface area contributed by atoms with Crippen molar-refractivity contribution in [3.05, 3.63) is 72.2 Å². The topological polar surface area (TPSA) is 85.4 Å². The number of nitrogens with zero attached hydrogens (tertiary/aromatic N) is 2. The van der Waals surface area contributed by atoms with Crippen molar-refractivity contribution < 1.29 is 14.3 Å². The van der Waals surface area contributed by atoms with Crippen molar-refractivity contribution in [3.8, 4) is 11.5 Å². The molecule has 7 nitrogen and oxygen atoms in total. The van der Waals surface area contributed by atoms with E-state index < -0.39 is 0 Å². The highest BCUT2D eigenvalue weighted by molar-refractivity contribution is 5.94. The van der Waals surface area contributed by atoms with Gasteiger partial charge >= 0.3 is 0 Å². The molecule has 27 heavy (non-hydrogen) atoms. The summed E-state index contributed by atoms with van der Waals surface area (Å²) in [7, 11) is 3.18. The van der Waals surface area contributed by atoms with Crippen LogP contribution in [0.2, 0.25) is 0 Å². The van der Waals surface area contributed by atoms with Crippen LogP contribution in [0.15, 0.2) is 60.9 Å². The number of aromatic nitrogens is 2. The molecule has 0 unspecified atom stereocenters. The SMILES string of the molecule is COc1ccc(OC)c(Nc2cc(C(=O)NCc3ccccn3)ccn2)c1. The summed E-state index contributed by atoms with van der Waals surface area (Å²) in [6.07, 6.45) is 3.27. The van der Waals surface area contributed by atoms with Crippen LogP contribution in [0, 0.1) is 0 Å². The first-order valence-corrected chi connectivity index (χ1v) is 8.33. The van der Waals surface area contributed by atoms with E-state index in [-0.39, 0.29) is 5.91 Å². The molecule has 2 N–H and O–H groups in total. The minimum Gasteiger partial charge on any atom is -0.497 e. The van der Waals surface area contributed by atoms with E-state index in [1.54, 1.807) is 56.9 Å². The monoisotopic (exact) mass is 364 g/mol. The molecule has 0 saturated heterocycles. The van der Waals surface area contributed by atoms with Crippen LogP contribution < -0.4 is 20.1 Å². The summed E-state index contributed by atoms with van der Waals surface area (Å²) in [5.74, 6) is 1.64. The zero-order chi connectivity index (χ0) is 19.1. The normalized spacial score (nSPS) is 10.1. The van der Waals surface area contributed by atoms with Crippen molar-refractivity contribution in [2.24, 2.45) is 0 Å². The van der Waals surface area contributed by atoms with Crippen molar-refractivity contribution in [2.75, 3.05) is 19.5 Å². The fraction of sp³-hybridized carbons (Fsp3) is 0.150. The van der Waals surface area contributed by atoms with E-state index in [0.717, 1.165) is 5.69 Å². The number of carbonyl (C=O) groups is 1. The maximum atomic E-state index is 12.4. The number of ether oxygens (including phenoxy) is 2. The summed E-state index contributed by atoms with van der Waals surface area (Å²) in [5.41, 5.74) is 1.97. The molecule has 2 heterocycles. The van der Waals surface area contributed by atoms with Crippen LogP contribution >= 0.6 is 0 Å². The van der Waals surface area contributed by atoms with Gasteiger partial charge in [0.25, 0.3) is 5.91 Å². The van der Waals surface area contributed by atoms with Crippen LogP contribution in [0.1, 0.15) is 16.1 Å². The van der Waals surface area contributed by atoms with E-state index >= 15 is 0 Å². The van der Waals surface area contributed by atoms with Crippen molar-refractivity contribution in [1.29, 1.82) is 0 Å². The van der Waals surface area contributed by atoms with Gasteiger partial charge in [0.15, 0.2) is 0 Å². The van der Waals surface area contributed by atoms with Crippen molar-refractivity contribution in [2.45, 2.75) is 6.54 Å². The first kappa shape index (κ1) is 18.2. The minimum absolute atomic E-state index is 0.205. The molecule has 0 bridgehead atoms. The summed E-state index contributed by atoms with van der Waals surface area (Å²) in [6, 6.07) is 14.3. The van der Waals surface area contributed by atoms with Gasteiger partial charge in [0.1, 0.15) is 17.3 Å². The second-order valence-corrected chi connectivity index (χ2v) is 5.62. The predicted molar refractivity (Wildman–Crippen MR) is 102 cm³/mol. The Hall–Kier alpha value is -3.61. The average Bonchev–Trinajstić information content (AvgIpc) is 2.73. The Balaban J connectivity index is 1.73. The fourth-order valence-electron chi connectivity index (χ4n) is 2.47. The Kier molecular flexibility index (Phi) is 5.84. The van der Waals surface area contributed by atoms with Crippen LogP contribution in [0.3, 0.4) is 0 Å². The number of carbonyl (C=O) groups excluding carboxylic acids is 1. The molecule has 0 aliphatic carbocycles. The molecular weight excluding hydrogens is 344 g/mol. The van der Waals surface area contributed by atoms with E-state index in [4.69, 9.17) is 9.47 Å². The number of hydrogen-bond acceptors (Lipinski definition) is 6. The minimum atomic E-state index is -0.205. The van der Waals surface area contributed by atoms with Gasteiger partial charge in [-0.2, -0.15) is 0 Å². The lowest BCUT2D eigenvalue weighted by Crippen LogP contribution is -2.23. The van der Waals surface area contributed by atoms with Gasteiger partial charge in [0.2, 0.25) is 0 Å². The van der Waals surface area contributed by atoms with Gasteiger partial charge in [-0.3, -0.25) is 9.78 Å². The molecule has 0 aliphatic rings. The molecule has 0 spiro atoms. The molecule has 3 rings (SSSR count). The van der Waals surface area contributed by atoms with E-state index in [1.807, 2.05) is 18.2 Å². The predicted octanol–water partition coefficient (Wildman–Crippen LogP) is 3.17.